The molecule has 0 saturated heterocycles. The summed E-state index contributed by atoms with van der Waals surface area (Å²) < 4.78 is 0. The van der Waals surface area contributed by atoms with Crippen LogP contribution in [0, 0.1) is 0 Å². The van der Waals surface area contributed by atoms with Crippen LogP contribution in [0.3, 0.4) is 0 Å². The molecule has 0 unspecified atom stereocenters. The normalized spacial score (nSPS) is 14.8. The Labute approximate surface area is 196 Å². The number of rotatable bonds is 3. The lowest BCUT2D eigenvalue weighted by Crippen LogP contribution is -2.25. The van der Waals surface area contributed by atoms with Crippen LogP contribution in [0.1, 0.15) is 41.7 Å². The van der Waals surface area contributed by atoms with Gasteiger partial charge in [-0.2, -0.15) is 0 Å². The Morgan fingerprint density at radius 3 is 1.76 bits per heavy atom. The van der Waals surface area contributed by atoms with E-state index in [-0.39, 0.29) is 5.41 Å². The van der Waals surface area contributed by atoms with Crippen LogP contribution in [-0.4, -0.2) is 0 Å². The second-order valence-corrected chi connectivity index (χ2v) is 9.06. The molecule has 0 bridgehead atoms. The van der Waals surface area contributed by atoms with Crippen molar-refractivity contribution in [3.8, 4) is 22.3 Å². The van der Waals surface area contributed by atoms with Gasteiger partial charge in [0.05, 0.1) is 5.41 Å². The molecule has 2 aliphatic carbocycles. The number of fused-ring (bicyclic) bond motifs is 10. The van der Waals surface area contributed by atoms with Crippen molar-refractivity contribution in [1.29, 1.82) is 0 Å². The van der Waals surface area contributed by atoms with Crippen molar-refractivity contribution in [2.45, 2.75) is 19.3 Å². The van der Waals surface area contributed by atoms with Crippen molar-refractivity contribution in [3.05, 3.63) is 149 Å². The molecular formula is C33H26. The Morgan fingerprint density at radius 1 is 0.667 bits per heavy atom. The second-order valence-electron chi connectivity index (χ2n) is 9.06. The molecule has 4 aromatic rings. The lowest BCUT2D eigenvalue weighted by atomic mass is 9.70. The van der Waals surface area contributed by atoms with Crippen molar-refractivity contribution in [1.82, 2.24) is 0 Å². The molecule has 0 nitrogen and oxygen atoms in total. The van der Waals surface area contributed by atoms with Crippen LogP contribution < -0.4 is 0 Å². The standard InChI is InChI=1S/C33H26/c1-4-12-23(21-22(2)3)24-16-11-20-31-32(24)27-15-7-10-19-30(27)33(31)28-17-8-5-13-25(28)26-14-6-9-18-29(26)33/h4-21H,2H2,1,3H3/b12-4?,23-21+. The van der Waals surface area contributed by atoms with Gasteiger partial charge in [0.1, 0.15) is 0 Å². The van der Waals surface area contributed by atoms with E-state index in [0.717, 1.165) is 5.57 Å². The number of allylic oxidation sites excluding steroid dienone is 5. The fourth-order valence-corrected chi connectivity index (χ4v) is 6.04. The topological polar surface area (TPSA) is 0 Å². The summed E-state index contributed by atoms with van der Waals surface area (Å²) in [5.74, 6) is 0. The Bertz CT molecular complexity index is 1450. The van der Waals surface area contributed by atoms with E-state index < -0.39 is 0 Å². The monoisotopic (exact) mass is 422 g/mol. The highest BCUT2D eigenvalue weighted by molar-refractivity contribution is 5.99. The molecule has 0 atom stereocenters. The fourth-order valence-electron chi connectivity index (χ4n) is 6.04. The predicted molar refractivity (Wildman–Crippen MR) is 140 cm³/mol. The SMILES string of the molecule is C=C(C)/C=C(\C=CC)c1cccc2c1-c1ccccc1C21c2ccccc2-c2ccccc21. The van der Waals surface area contributed by atoms with Gasteiger partial charge in [0.15, 0.2) is 0 Å². The van der Waals surface area contributed by atoms with Gasteiger partial charge < -0.3 is 0 Å². The van der Waals surface area contributed by atoms with Gasteiger partial charge in [0.25, 0.3) is 0 Å². The average molecular weight is 423 g/mol. The molecule has 33 heavy (non-hydrogen) atoms. The summed E-state index contributed by atoms with van der Waals surface area (Å²) in [5.41, 5.74) is 14.1. The molecule has 158 valence electrons. The van der Waals surface area contributed by atoms with Crippen LogP contribution in [0.15, 0.2) is 121 Å². The molecule has 0 saturated carbocycles. The summed E-state index contributed by atoms with van der Waals surface area (Å²) in [6.07, 6.45) is 6.51. The second kappa shape index (κ2) is 7.32. The zero-order valence-electron chi connectivity index (χ0n) is 19.1. The Balaban J connectivity index is 1.79. The van der Waals surface area contributed by atoms with Crippen molar-refractivity contribution in [2.75, 3.05) is 0 Å². The van der Waals surface area contributed by atoms with Crippen LogP contribution >= 0.6 is 0 Å². The Morgan fingerprint density at radius 2 is 1.18 bits per heavy atom. The van der Waals surface area contributed by atoms with Crippen LogP contribution in [0.2, 0.25) is 0 Å². The lowest BCUT2D eigenvalue weighted by Gasteiger charge is -2.30. The van der Waals surface area contributed by atoms with Crippen LogP contribution in [0.25, 0.3) is 27.8 Å². The van der Waals surface area contributed by atoms with Gasteiger partial charge in [-0.05, 0) is 69.5 Å². The molecule has 0 amide bonds. The maximum Gasteiger partial charge on any atom is 0.0725 e. The molecule has 0 aromatic heterocycles. The smallest absolute Gasteiger partial charge is 0.0725 e. The highest BCUT2D eigenvalue weighted by atomic mass is 14.5. The molecule has 0 N–H and O–H groups in total. The predicted octanol–water partition coefficient (Wildman–Crippen LogP) is 8.57. The summed E-state index contributed by atoms with van der Waals surface area (Å²) >= 11 is 0. The first kappa shape index (κ1) is 19.8. The Hall–Kier alpha value is -3.90. The molecule has 4 aromatic carbocycles. The molecule has 0 fully saturated rings. The van der Waals surface area contributed by atoms with E-state index in [0.29, 0.717) is 0 Å². The van der Waals surface area contributed by atoms with Gasteiger partial charge in [-0.3, -0.25) is 0 Å². The van der Waals surface area contributed by atoms with E-state index in [9.17, 15) is 0 Å². The Kier molecular flexibility index (Phi) is 4.38. The highest BCUT2D eigenvalue weighted by Crippen LogP contribution is 2.63. The third-order valence-corrected chi connectivity index (χ3v) is 7.08. The molecular weight excluding hydrogens is 396 g/mol. The van der Waals surface area contributed by atoms with Crippen molar-refractivity contribution >= 4 is 5.57 Å². The summed E-state index contributed by atoms with van der Waals surface area (Å²) in [4.78, 5) is 0. The molecule has 0 heteroatoms. The van der Waals surface area contributed by atoms with Crippen molar-refractivity contribution in [2.24, 2.45) is 0 Å². The fraction of sp³-hybridized carbons (Fsp3) is 0.0909. The van der Waals surface area contributed by atoms with E-state index >= 15 is 0 Å². The van der Waals surface area contributed by atoms with Gasteiger partial charge >= 0.3 is 0 Å². The largest absolute Gasteiger partial charge is 0.0961 e. The molecule has 1 spiro atoms. The first-order valence-corrected chi connectivity index (χ1v) is 11.6. The van der Waals surface area contributed by atoms with Crippen molar-refractivity contribution in [3.63, 3.8) is 0 Å². The van der Waals surface area contributed by atoms with Gasteiger partial charge in [-0.15, -0.1) is 0 Å². The molecule has 0 aliphatic heterocycles. The minimum absolute atomic E-state index is 0.292. The zero-order valence-corrected chi connectivity index (χ0v) is 19.1. The molecule has 0 heterocycles. The maximum absolute atomic E-state index is 4.16. The summed E-state index contributed by atoms with van der Waals surface area (Å²) in [5, 5.41) is 0. The van der Waals surface area contributed by atoms with E-state index in [1.165, 1.54) is 55.6 Å². The van der Waals surface area contributed by atoms with E-state index in [1.807, 2.05) is 0 Å². The van der Waals surface area contributed by atoms with E-state index in [4.69, 9.17) is 0 Å². The lowest BCUT2D eigenvalue weighted by molar-refractivity contribution is 0.793. The van der Waals surface area contributed by atoms with Gasteiger partial charge in [-0.1, -0.05) is 121 Å². The number of hydrogen-bond acceptors (Lipinski definition) is 0. The van der Waals surface area contributed by atoms with E-state index in [2.05, 4.69) is 130 Å². The minimum atomic E-state index is -0.292. The zero-order chi connectivity index (χ0) is 22.6. The number of benzene rings is 4. The quantitative estimate of drug-likeness (QED) is 0.251. The highest BCUT2D eigenvalue weighted by Gasteiger charge is 2.51. The third kappa shape index (κ3) is 2.58. The summed E-state index contributed by atoms with van der Waals surface area (Å²) in [6.45, 7) is 8.30. The summed E-state index contributed by atoms with van der Waals surface area (Å²) in [7, 11) is 0. The maximum atomic E-state index is 4.16. The van der Waals surface area contributed by atoms with Crippen LogP contribution in [-0.2, 0) is 5.41 Å². The van der Waals surface area contributed by atoms with Crippen LogP contribution in [0.5, 0.6) is 0 Å². The number of hydrogen-bond donors (Lipinski definition) is 0. The van der Waals surface area contributed by atoms with Gasteiger partial charge in [-0.25, -0.2) is 0 Å². The third-order valence-electron chi connectivity index (χ3n) is 7.08. The van der Waals surface area contributed by atoms with E-state index in [1.54, 1.807) is 0 Å². The first-order chi connectivity index (χ1) is 16.2. The average Bonchev–Trinajstić information content (AvgIpc) is 3.31. The molecule has 2 aliphatic rings. The van der Waals surface area contributed by atoms with Crippen molar-refractivity contribution < 1.29 is 0 Å². The van der Waals surface area contributed by atoms with Crippen LogP contribution in [0.4, 0.5) is 0 Å². The molecule has 6 rings (SSSR count). The minimum Gasteiger partial charge on any atom is -0.0961 e. The molecule has 0 radical (unpaired) electrons. The van der Waals surface area contributed by atoms with Gasteiger partial charge in [0, 0.05) is 0 Å². The summed E-state index contributed by atoms with van der Waals surface area (Å²) in [6, 6.07) is 33.7. The first-order valence-electron chi connectivity index (χ1n) is 11.6. The van der Waals surface area contributed by atoms with Gasteiger partial charge in [0.2, 0.25) is 0 Å².